The van der Waals surface area contributed by atoms with Gasteiger partial charge >= 0.3 is 0 Å². The fraction of sp³-hybridized carbons (Fsp3) is 0.412. The quantitative estimate of drug-likeness (QED) is 0.893. The zero-order chi connectivity index (χ0) is 14.0. The van der Waals surface area contributed by atoms with Crippen LogP contribution < -0.4 is 5.32 Å². The summed E-state index contributed by atoms with van der Waals surface area (Å²) >= 11 is 0. The largest absolute Gasteiger partial charge is 0.464 e. The number of hydrogen-bond donors (Lipinski definition) is 1. The zero-order valence-corrected chi connectivity index (χ0v) is 12.5. The minimum Gasteiger partial charge on any atom is -0.464 e. The molecule has 102 valence electrons. The molecule has 2 aromatic rings. The second-order valence-corrected chi connectivity index (χ2v) is 5.19. The molecule has 1 aromatic carbocycles. The molecule has 1 atom stereocenters. The average molecular weight is 257 g/mol. The van der Waals surface area contributed by atoms with Gasteiger partial charge < -0.3 is 9.73 Å². The van der Waals surface area contributed by atoms with E-state index in [0.717, 1.165) is 17.9 Å². The van der Waals surface area contributed by atoms with Crippen LogP contribution in [0, 0.1) is 20.8 Å². The molecule has 19 heavy (non-hydrogen) atoms. The number of nitrogens with one attached hydrogen (secondary N) is 1. The van der Waals surface area contributed by atoms with Gasteiger partial charge in [0.2, 0.25) is 0 Å². The highest BCUT2D eigenvalue weighted by molar-refractivity contribution is 5.42. The molecule has 1 N–H and O–H groups in total. The van der Waals surface area contributed by atoms with E-state index in [1.54, 1.807) is 0 Å². The van der Waals surface area contributed by atoms with E-state index in [4.69, 9.17) is 4.42 Å². The lowest BCUT2D eigenvalue weighted by molar-refractivity contribution is 0.432. The SMILES string of the molecule is CCc1ccc(C(NC)c2c(C)cc(C)cc2C)o1. The Morgan fingerprint density at radius 3 is 2.21 bits per heavy atom. The lowest BCUT2D eigenvalue weighted by Crippen LogP contribution is -2.19. The van der Waals surface area contributed by atoms with Crippen molar-refractivity contribution in [3.05, 3.63) is 58.0 Å². The standard InChI is InChI=1S/C17H23NO/c1-6-14-7-8-15(19-14)17(18-5)16-12(3)9-11(2)10-13(16)4/h7-10,17-18H,6H2,1-5H3. The van der Waals surface area contributed by atoms with Gasteiger partial charge in [0.05, 0.1) is 6.04 Å². The first-order valence-electron chi connectivity index (χ1n) is 6.90. The molecule has 1 heterocycles. The van der Waals surface area contributed by atoms with Crippen LogP contribution in [0.3, 0.4) is 0 Å². The maximum Gasteiger partial charge on any atom is 0.125 e. The summed E-state index contributed by atoms with van der Waals surface area (Å²) in [5.74, 6) is 2.03. The van der Waals surface area contributed by atoms with Crippen molar-refractivity contribution in [2.24, 2.45) is 0 Å². The van der Waals surface area contributed by atoms with Crippen molar-refractivity contribution in [3.8, 4) is 0 Å². The normalized spacial score (nSPS) is 12.7. The number of aryl methyl sites for hydroxylation is 4. The molecular formula is C17H23NO. The first-order chi connectivity index (χ1) is 9.06. The lowest BCUT2D eigenvalue weighted by Gasteiger charge is -2.20. The molecule has 0 amide bonds. The first-order valence-corrected chi connectivity index (χ1v) is 6.90. The lowest BCUT2D eigenvalue weighted by atomic mass is 9.93. The molecule has 2 heteroatoms. The third-order valence-corrected chi connectivity index (χ3v) is 3.63. The number of hydrogen-bond acceptors (Lipinski definition) is 2. The van der Waals surface area contributed by atoms with Crippen LogP contribution in [-0.2, 0) is 6.42 Å². The zero-order valence-electron chi connectivity index (χ0n) is 12.5. The van der Waals surface area contributed by atoms with Gasteiger partial charge in [-0.1, -0.05) is 24.6 Å². The van der Waals surface area contributed by atoms with E-state index in [-0.39, 0.29) is 6.04 Å². The maximum atomic E-state index is 5.92. The van der Waals surface area contributed by atoms with E-state index in [0.29, 0.717) is 0 Å². The van der Waals surface area contributed by atoms with Gasteiger partial charge in [0.1, 0.15) is 11.5 Å². The molecule has 0 aliphatic rings. The molecule has 0 radical (unpaired) electrons. The summed E-state index contributed by atoms with van der Waals surface area (Å²) in [6, 6.07) is 8.74. The molecule has 0 bridgehead atoms. The molecule has 0 saturated carbocycles. The Morgan fingerprint density at radius 1 is 1.11 bits per heavy atom. The minimum atomic E-state index is 0.126. The topological polar surface area (TPSA) is 25.2 Å². The molecule has 2 nitrogen and oxygen atoms in total. The molecule has 1 unspecified atom stereocenters. The summed E-state index contributed by atoms with van der Waals surface area (Å²) in [6.07, 6.45) is 0.933. The van der Waals surface area contributed by atoms with Crippen molar-refractivity contribution in [1.82, 2.24) is 5.32 Å². The van der Waals surface area contributed by atoms with Crippen molar-refractivity contribution in [1.29, 1.82) is 0 Å². The first kappa shape index (κ1) is 13.9. The van der Waals surface area contributed by atoms with Crippen molar-refractivity contribution < 1.29 is 4.42 Å². The second-order valence-electron chi connectivity index (χ2n) is 5.19. The summed E-state index contributed by atoms with van der Waals surface area (Å²) in [5.41, 5.74) is 5.25. The van der Waals surface area contributed by atoms with Crippen LogP contribution in [0.1, 0.15) is 46.7 Å². The Morgan fingerprint density at radius 2 is 1.74 bits per heavy atom. The van der Waals surface area contributed by atoms with E-state index >= 15 is 0 Å². The van der Waals surface area contributed by atoms with Crippen LogP contribution in [0.25, 0.3) is 0 Å². The van der Waals surface area contributed by atoms with Gasteiger partial charge in [-0.05, 0) is 56.6 Å². The highest BCUT2D eigenvalue weighted by atomic mass is 16.3. The molecule has 0 fully saturated rings. The van der Waals surface area contributed by atoms with Crippen molar-refractivity contribution >= 4 is 0 Å². The van der Waals surface area contributed by atoms with Gasteiger partial charge in [-0.25, -0.2) is 0 Å². The van der Waals surface area contributed by atoms with Crippen LogP contribution in [-0.4, -0.2) is 7.05 Å². The Bertz CT molecular complexity index is 545. The van der Waals surface area contributed by atoms with Crippen LogP contribution in [0.4, 0.5) is 0 Å². The fourth-order valence-corrected chi connectivity index (χ4v) is 2.82. The van der Waals surface area contributed by atoms with Crippen LogP contribution in [0.15, 0.2) is 28.7 Å². The summed E-state index contributed by atoms with van der Waals surface area (Å²) in [6.45, 7) is 8.59. The van der Waals surface area contributed by atoms with Gasteiger partial charge in [-0.2, -0.15) is 0 Å². The summed E-state index contributed by atoms with van der Waals surface area (Å²) in [7, 11) is 1.98. The third kappa shape index (κ3) is 2.74. The van der Waals surface area contributed by atoms with Gasteiger partial charge in [-0.15, -0.1) is 0 Å². The smallest absolute Gasteiger partial charge is 0.125 e. The van der Waals surface area contributed by atoms with Crippen LogP contribution >= 0.6 is 0 Å². The van der Waals surface area contributed by atoms with Crippen LogP contribution in [0.2, 0.25) is 0 Å². The average Bonchev–Trinajstić information content (AvgIpc) is 2.81. The third-order valence-electron chi connectivity index (χ3n) is 3.63. The highest BCUT2D eigenvalue weighted by Crippen LogP contribution is 2.29. The van der Waals surface area contributed by atoms with Gasteiger partial charge in [0, 0.05) is 6.42 Å². The predicted molar refractivity (Wildman–Crippen MR) is 79.6 cm³/mol. The van der Waals surface area contributed by atoms with Crippen LogP contribution in [0.5, 0.6) is 0 Å². The monoisotopic (exact) mass is 257 g/mol. The number of benzene rings is 1. The van der Waals surface area contributed by atoms with Crippen molar-refractivity contribution in [3.63, 3.8) is 0 Å². The van der Waals surface area contributed by atoms with E-state index in [1.165, 1.54) is 22.3 Å². The molecule has 0 aliphatic heterocycles. The van der Waals surface area contributed by atoms with E-state index in [2.05, 4.69) is 57.3 Å². The van der Waals surface area contributed by atoms with Crippen molar-refractivity contribution in [2.45, 2.75) is 40.2 Å². The Labute approximate surface area is 115 Å². The maximum absolute atomic E-state index is 5.92. The molecular weight excluding hydrogens is 234 g/mol. The minimum absolute atomic E-state index is 0.126. The molecule has 2 rings (SSSR count). The number of rotatable bonds is 4. The van der Waals surface area contributed by atoms with E-state index in [9.17, 15) is 0 Å². The van der Waals surface area contributed by atoms with Gasteiger partial charge in [0.25, 0.3) is 0 Å². The summed E-state index contributed by atoms with van der Waals surface area (Å²) in [5, 5.41) is 3.38. The van der Waals surface area contributed by atoms with E-state index in [1.807, 2.05) is 7.05 Å². The van der Waals surface area contributed by atoms with Gasteiger partial charge in [-0.3, -0.25) is 0 Å². The second kappa shape index (κ2) is 5.62. The molecule has 0 aliphatic carbocycles. The summed E-state index contributed by atoms with van der Waals surface area (Å²) < 4.78 is 5.92. The Balaban J connectivity index is 2.47. The summed E-state index contributed by atoms with van der Waals surface area (Å²) in [4.78, 5) is 0. The number of furan rings is 1. The molecule has 0 spiro atoms. The van der Waals surface area contributed by atoms with Gasteiger partial charge in [0.15, 0.2) is 0 Å². The Hall–Kier alpha value is -1.54. The van der Waals surface area contributed by atoms with E-state index < -0.39 is 0 Å². The fourth-order valence-electron chi connectivity index (χ4n) is 2.82. The molecule has 0 saturated heterocycles. The predicted octanol–water partition coefficient (Wildman–Crippen LogP) is 4.08. The van der Waals surface area contributed by atoms with Crippen molar-refractivity contribution in [2.75, 3.05) is 7.05 Å². The highest BCUT2D eigenvalue weighted by Gasteiger charge is 2.20. The Kier molecular flexibility index (Phi) is 4.11. The molecule has 1 aromatic heterocycles.